The molecule has 146 valence electrons. The minimum atomic E-state index is -3.64. The normalized spacial score (nSPS) is 17.1. The molecule has 0 spiro atoms. The smallest absolute Gasteiger partial charge is 0.330 e. The van der Waals surface area contributed by atoms with E-state index in [1.165, 1.54) is 13.2 Å². The lowest BCUT2D eigenvalue weighted by atomic mass is 9.91. The summed E-state index contributed by atoms with van der Waals surface area (Å²) in [5.74, 6) is -0.360. The third-order valence-corrected chi connectivity index (χ3v) is 4.68. The van der Waals surface area contributed by atoms with Crippen molar-refractivity contribution >= 4 is 16.1 Å². The Kier molecular flexibility index (Phi) is 10.2. The lowest BCUT2D eigenvalue weighted by Gasteiger charge is -2.31. The van der Waals surface area contributed by atoms with Crippen LogP contribution in [-0.4, -0.2) is 44.6 Å². The van der Waals surface area contributed by atoms with Crippen LogP contribution in [0.25, 0.3) is 0 Å². The summed E-state index contributed by atoms with van der Waals surface area (Å²) in [5, 5.41) is 10.4. The lowest BCUT2D eigenvalue weighted by Crippen LogP contribution is -2.41. The van der Waals surface area contributed by atoms with Crippen LogP contribution in [-0.2, 0) is 23.8 Å². The first-order chi connectivity index (χ1) is 11.4. The molecule has 6 nitrogen and oxygen atoms in total. The van der Waals surface area contributed by atoms with Crippen molar-refractivity contribution in [3.05, 3.63) is 23.3 Å². The van der Waals surface area contributed by atoms with Crippen LogP contribution in [0.15, 0.2) is 23.3 Å². The van der Waals surface area contributed by atoms with E-state index in [9.17, 15) is 18.3 Å². The Morgan fingerprint density at radius 3 is 2.32 bits per heavy atom. The van der Waals surface area contributed by atoms with Crippen molar-refractivity contribution < 1.29 is 27.2 Å². The molecule has 0 rings (SSSR count). The van der Waals surface area contributed by atoms with E-state index in [1.807, 2.05) is 19.9 Å². The molecular formula is C18H32O6S. The van der Waals surface area contributed by atoms with Crippen molar-refractivity contribution in [2.75, 3.05) is 13.4 Å². The Bertz CT molecular complexity index is 587. The highest BCUT2D eigenvalue weighted by atomic mass is 32.2. The minimum absolute atomic E-state index is 0.360. The Labute approximate surface area is 152 Å². The number of esters is 1. The van der Waals surface area contributed by atoms with Gasteiger partial charge in [0.2, 0.25) is 0 Å². The van der Waals surface area contributed by atoms with Gasteiger partial charge < -0.3 is 9.84 Å². The highest BCUT2D eigenvalue weighted by Crippen LogP contribution is 2.25. The van der Waals surface area contributed by atoms with Gasteiger partial charge in [-0.2, -0.15) is 8.42 Å². The van der Waals surface area contributed by atoms with E-state index in [1.54, 1.807) is 13.8 Å². The summed E-state index contributed by atoms with van der Waals surface area (Å²) in [5.41, 5.74) is 0.811. The average molecular weight is 377 g/mol. The van der Waals surface area contributed by atoms with Crippen molar-refractivity contribution in [3.63, 3.8) is 0 Å². The second-order valence-electron chi connectivity index (χ2n) is 6.64. The summed E-state index contributed by atoms with van der Waals surface area (Å²) in [4.78, 5) is 11.1. The topological polar surface area (TPSA) is 89.9 Å². The van der Waals surface area contributed by atoms with E-state index < -0.39 is 21.8 Å². The maximum Gasteiger partial charge on any atom is 0.330 e. The SMILES string of the molecule is CC[C@](C)(O)[C@H](CC/C(C)=C/CC/C(C)=C/C(=O)OC)OS(C)(=O)=O. The number of methoxy groups -OCH3 is 1. The highest BCUT2D eigenvalue weighted by molar-refractivity contribution is 7.86. The third-order valence-electron chi connectivity index (χ3n) is 4.10. The number of hydrogen-bond donors (Lipinski definition) is 1. The minimum Gasteiger partial charge on any atom is -0.466 e. The molecule has 0 bridgehead atoms. The predicted octanol–water partition coefficient (Wildman–Crippen LogP) is 3.12. The molecule has 0 aromatic carbocycles. The summed E-state index contributed by atoms with van der Waals surface area (Å²) < 4.78 is 32.5. The number of carbonyl (C=O) groups is 1. The first-order valence-corrected chi connectivity index (χ1v) is 10.2. The largest absolute Gasteiger partial charge is 0.466 e. The third kappa shape index (κ3) is 11.1. The molecule has 0 radical (unpaired) electrons. The van der Waals surface area contributed by atoms with Crippen molar-refractivity contribution in [3.8, 4) is 0 Å². The molecule has 2 atom stereocenters. The Balaban J connectivity index is 4.67. The van der Waals surface area contributed by atoms with Gasteiger partial charge in [0.1, 0.15) is 6.10 Å². The first kappa shape index (κ1) is 23.8. The number of rotatable bonds is 11. The van der Waals surface area contributed by atoms with Gasteiger partial charge in [0.25, 0.3) is 10.1 Å². The molecule has 1 N–H and O–H groups in total. The Hall–Kier alpha value is -1.18. The van der Waals surface area contributed by atoms with Crippen molar-refractivity contribution in [2.24, 2.45) is 0 Å². The van der Waals surface area contributed by atoms with E-state index >= 15 is 0 Å². The van der Waals surface area contributed by atoms with Crippen LogP contribution < -0.4 is 0 Å². The van der Waals surface area contributed by atoms with E-state index in [4.69, 9.17) is 4.18 Å². The zero-order chi connectivity index (χ0) is 19.7. The fourth-order valence-electron chi connectivity index (χ4n) is 2.24. The molecule has 0 saturated heterocycles. The standard InChI is InChI=1S/C18H32O6S/c1-7-18(4,20)16(24-25(6,21)22)12-11-14(2)9-8-10-15(3)13-17(19)23-5/h9,13,16,20H,7-8,10-12H2,1-6H3/b14-9+,15-13+/t16-,18-/m0/s1. The zero-order valence-corrected chi connectivity index (χ0v) is 17.0. The van der Waals surface area contributed by atoms with Gasteiger partial charge >= 0.3 is 5.97 Å². The molecule has 0 saturated carbocycles. The van der Waals surface area contributed by atoms with Gasteiger partial charge in [-0.3, -0.25) is 4.18 Å². The van der Waals surface area contributed by atoms with Gasteiger partial charge in [-0.25, -0.2) is 4.79 Å². The summed E-state index contributed by atoms with van der Waals surface area (Å²) in [6.45, 7) is 7.20. The fourth-order valence-corrected chi connectivity index (χ4v) is 2.97. The van der Waals surface area contributed by atoms with Crippen LogP contribution >= 0.6 is 0 Å². The van der Waals surface area contributed by atoms with Gasteiger partial charge in [-0.15, -0.1) is 0 Å². The van der Waals surface area contributed by atoms with Gasteiger partial charge in [-0.1, -0.05) is 24.1 Å². The van der Waals surface area contributed by atoms with Gasteiger partial charge in [-0.05, 0) is 52.9 Å². The highest BCUT2D eigenvalue weighted by Gasteiger charge is 2.33. The predicted molar refractivity (Wildman–Crippen MR) is 98.6 cm³/mol. The number of carbonyl (C=O) groups excluding carboxylic acids is 1. The molecule has 0 amide bonds. The molecule has 0 aromatic rings. The molecular weight excluding hydrogens is 344 g/mol. The number of aliphatic hydroxyl groups is 1. The van der Waals surface area contributed by atoms with Crippen molar-refractivity contribution in [1.29, 1.82) is 0 Å². The summed E-state index contributed by atoms with van der Waals surface area (Å²) in [6, 6.07) is 0. The Morgan fingerprint density at radius 1 is 1.24 bits per heavy atom. The molecule has 0 aliphatic rings. The monoisotopic (exact) mass is 376 g/mol. The van der Waals surface area contributed by atoms with Crippen LogP contribution in [0.3, 0.4) is 0 Å². The van der Waals surface area contributed by atoms with Crippen molar-refractivity contribution in [2.45, 2.75) is 71.5 Å². The van der Waals surface area contributed by atoms with Crippen LogP contribution in [0.4, 0.5) is 0 Å². The maximum absolute atomic E-state index is 11.4. The van der Waals surface area contributed by atoms with E-state index in [0.717, 1.165) is 30.2 Å². The number of allylic oxidation sites excluding steroid dienone is 3. The molecule has 0 aromatic heterocycles. The van der Waals surface area contributed by atoms with Crippen LogP contribution in [0.5, 0.6) is 0 Å². The summed E-state index contributed by atoms with van der Waals surface area (Å²) >= 11 is 0. The number of hydrogen-bond acceptors (Lipinski definition) is 6. The lowest BCUT2D eigenvalue weighted by molar-refractivity contribution is -0.134. The fraction of sp³-hybridized carbons (Fsp3) is 0.722. The molecule has 0 unspecified atom stereocenters. The second kappa shape index (κ2) is 10.7. The number of ether oxygens (including phenoxy) is 1. The molecule has 0 aliphatic heterocycles. The quantitative estimate of drug-likeness (QED) is 0.258. The Morgan fingerprint density at radius 2 is 1.84 bits per heavy atom. The van der Waals surface area contributed by atoms with Crippen LogP contribution in [0.2, 0.25) is 0 Å². The van der Waals surface area contributed by atoms with Gasteiger partial charge in [0.05, 0.1) is 19.0 Å². The van der Waals surface area contributed by atoms with Crippen molar-refractivity contribution in [1.82, 2.24) is 0 Å². The molecule has 0 fully saturated rings. The summed E-state index contributed by atoms with van der Waals surface area (Å²) in [7, 11) is -2.29. The van der Waals surface area contributed by atoms with E-state index in [2.05, 4.69) is 4.74 Å². The molecule has 25 heavy (non-hydrogen) atoms. The summed E-state index contributed by atoms with van der Waals surface area (Å²) in [6.07, 6.45) is 6.67. The first-order valence-electron chi connectivity index (χ1n) is 8.42. The maximum atomic E-state index is 11.4. The van der Waals surface area contributed by atoms with E-state index in [-0.39, 0.29) is 5.97 Å². The second-order valence-corrected chi connectivity index (χ2v) is 8.24. The van der Waals surface area contributed by atoms with Crippen LogP contribution in [0.1, 0.15) is 59.8 Å². The van der Waals surface area contributed by atoms with E-state index in [0.29, 0.717) is 19.3 Å². The van der Waals surface area contributed by atoms with Crippen LogP contribution in [0, 0.1) is 0 Å². The molecule has 0 aliphatic carbocycles. The average Bonchev–Trinajstić information content (AvgIpc) is 2.49. The molecule has 0 heterocycles. The van der Waals surface area contributed by atoms with Gasteiger partial charge in [0, 0.05) is 6.08 Å². The zero-order valence-electron chi connectivity index (χ0n) is 16.2. The molecule has 7 heteroatoms. The van der Waals surface area contributed by atoms with Gasteiger partial charge in [0.15, 0.2) is 0 Å².